The van der Waals surface area contributed by atoms with Gasteiger partial charge in [0.25, 0.3) is 5.91 Å². The summed E-state index contributed by atoms with van der Waals surface area (Å²) < 4.78 is 10.9. The molecule has 1 aliphatic rings. The Balaban J connectivity index is 1.59. The van der Waals surface area contributed by atoms with Crippen LogP contribution in [0.15, 0.2) is 54.6 Å². The molecule has 0 saturated carbocycles. The number of amides is 2. The van der Waals surface area contributed by atoms with Crippen LogP contribution in [0.2, 0.25) is 0 Å². The van der Waals surface area contributed by atoms with Gasteiger partial charge in [-0.1, -0.05) is 30.3 Å². The van der Waals surface area contributed by atoms with Gasteiger partial charge in [-0.2, -0.15) is 0 Å². The Bertz CT molecular complexity index is 731. The summed E-state index contributed by atoms with van der Waals surface area (Å²) in [6.07, 6.45) is -0.740. The summed E-state index contributed by atoms with van der Waals surface area (Å²) in [6, 6.07) is 16.8. The fraction of sp³-hybridized carbons (Fsp3) is 0.263. The average molecular weight is 340 g/mol. The van der Waals surface area contributed by atoms with Crippen LogP contribution in [0.3, 0.4) is 0 Å². The number of hydrogen-bond acceptors (Lipinski definition) is 4. The van der Waals surface area contributed by atoms with Gasteiger partial charge in [0.15, 0.2) is 6.10 Å². The lowest BCUT2D eigenvalue weighted by Gasteiger charge is -2.31. The number of nitrogens with zero attached hydrogens (tertiary/aromatic N) is 1. The van der Waals surface area contributed by atoms with E-state index in [1.165, 1.54) is 0 Å². The van der Waals surface area contributed by atoms with E-state index in [1.54, 1.807) is 17.0 Å². The van der Waals surface area contributed by atoms with Crippen molar-refractivity contribution in [3.05, 3.63) is 65.7 Å². The Kier molecular flexibility index (Phi) is 5.30. The largest absolute Gasteiger partial charge is 0.489 e. The highest BCUT2D eigenvalue weighted by Gasteiger charge is 2.28. The molecule has 6 nitrogen and oxygen atoms in total. The van der Waals surface area contributed by atoms with Crippen LogP contribution in [0, 0.1) is 0 Å². The molecule has 3 rings (SSSR count). The van der Waals surface area contributed by atoms with Gasteiger partial charge >= 0.3 is 0 Å². The first kappa shape index (κ1) is 17.0. The van der Waals surface area contributed by atoms with Gasteiger partial charge in [-0.15, -0.1) is 0 Å². The Morgan fingerprint density at radius 3 is 2.52 bits per heavy atom. The summed E-state index contributed by atoms with van der Waals surface area (Å²) >= 11 is 0. The van der Waals surface area contributed by atoms with Crippen molar-refractivity contribution in [2.75, 3.05) is 19.7 Å². The molecule has 2 aromatic carbocycles. The molecule has 1 saturated heterocycles. The molecule has 0 bridgehead atoms. The minimum absolute atomic E-state index is 0.134. The van der Waals surface area contributed by atoms with Gasteiger partial charge in [0, 0.05) is 12.1 Å². The monoisotopic (exact) mass is 340 g/mol. The normalized spacial score (nSPS) is 17.1. The molecule has 0 radical (unpaired) electrons. The van der Waals surface area contributed by atoms with Crippen molar-refractivity contribution in [2.45, 2.75) is 12.7 Å². The topological polar surface area (TPSA) is 81.9 Å². The summed E-state index contributed by atoms with van der Waals surface area (Å²) in [5, 5.41) is 0. The standard InChI is InChI=1S/C19H20N2O4/c20-18(22)17-12-21(10-11-24-17)19(23)15-8-6-14(7-9-15)13-25-16-4-2-1-3-5-16/h1-9,17H,10-13H2,(H2,20,22). The summed E-state index contributed by atoms with van der Waals surface area (Å²) in [5.74, 6) is 0.115. The lowest BCUT2D eigenvalue weighted by atomic mass is 10.1. The van der Waals surface area contributed by atoms with Crippen LogP contribution in [-0.4, -0.2) is 42.5 Å². The van der Waals surface area contributed by atoms with E-state index in [4.69, 9.17) is 15.2 Å². The van der Waals surface area contributed by atoms with E-state index >= 15 is 0 Å². The van der Waals surface area contributed by atoms with Crippen molar-refractivity contribution in [2.24, 2.45) is 5.73 Å². The Labute approximate surface area is 146 Å². The number of rotatable bonds is 5. The predicted octanol–water partition coefficient (Wildman–Crippen LogP) is 1.59. The summed E-state index contributed by atoms with van der Waals surface area (Å²) in [6.45, 7) is 1.37. The highest BCUT2D eigenvalue weighted by molar-refractivity contribution is 5.94. The number of primary amides is 1. The molecule has 2 amide bonds. The van der Waals surface area contributed by atoms with Crippen LogP contribution in [0.25, 0.3) is 0 Å². The number of carbonyl (C=O) groups is 2. The van der Waals surface area contributed by atoms with Crippen LogP contribution >= 0.6 is 0 Å². The van der Waals surface area contributed by atoms with Gasteiger partial charge in [0.1, 0.15) is 12.4 Å². The highest BCUT2D eigenvalue weighted by Crippen LogP contribution is 2.14. The van der Waals surface area contributed by atoms with Gasteiger partial charge in [0.05, 0.1) is 13.2 Å². The van der Waals surface area contributed by atoms with E-state index in [0.717, 1.165) is 11.3 Å². The summed E-state index contributed by atoms with van der Waals surface area (Å²) in [7, 11) is 0. The third kappa shape index (κ3) is 4.36. The van der Waals surface area contributed by atoms with Crippen LogP contribution in [-0.2, 0) is 16.1 Å². The number of carbonyl (C=O) groups excluding carboxylic acids is 2. The first-order chi connectivity index (χ1) is 12.1. The van der Waals surface area contributed by atoms with E-state index in [1.807, 2.05) is 42.5 Å². The molecule has 0 aliphatic carbocycles. The Morgan fingerprint density at radius 1 is 1.12 bits per heavy atom. The molecular formula is C19H20N2O4. The van der Waals surface area contributed by atoms with Gasteiger partial charge < -0.3 is 20.1 Å². The van der Waals surface area contributed by atoms with Crippen LogP contribution in [0.4, 0.5) is 0 Å². The van der Waals surface area contributed by atoms with Crippen molar-refractivity contribution in [1.82, 2.24) is 4.90 Å². The van der Waals surface area contributed by atoms with Crippen LogP contribution in [0.5, 0.6) is 5.75 Å². The number of ether oxygens (including phenoxy) is 2. The number of benzene rings is 2. The second-order valence-electron chi connectivity index (χ2n) is 5.81. The molecule has 0 spiro atoms. The zero-order valence-electron chi connectivity index (χ0n) is 13.8. The Hall–Kier alpha value is -2.86. The molecular weight excluding hydrogens is 320 g/mol. The van der Waals surface area contributed by atoms with Crippen molar-refractivity contribution >= 4 is 11.8 Å². The van der Waals surface area contributed by atoms with E-state index in [-0.39, 0.29) is 12.5 Å². The highest BCUT2D eigenvalue weighted by atomic mass is 16.5. The zero-order chi connectivity index (χ0) is 17.6. The summed E-state index contributed by atoms with van der Waals surface area (Å²) in [5.41, 5.74) is 6.79. The molecule has 1 aliphatic heterocycles. The third-order valence-corrected chi connectivity index (χ3v) is 4.02. The number of hydrogen-bond donors (Lipinski definition) is 1. The molecule has 6 heteroatoms. The third-order valence-electron chi connectivity index (χ3n) is 4.02. The predicted molar refractivity (Wildman–Crippen MR) is 92.1 cm³/mol. The van der Waals surface area contributed by atoms with Gasteiger partial charge in [-0.05, 0) is 29.8 Å². The van der Waals surface area contributed by atoms with Crippen LogP contribution < -0.4 is 10.5 Å². The van der Waals surface area contributed by atoms with Crippen molar-refractivity contribution in [3.63, 3.8) is 0 Å². The fourth-order valence-corrected chi connectivity index (χ4v) is 2.62. The molecule has 2 N–H and O–H groups in total. The second-order valence-corrected chi connectivity index (χ2v) is 5.81. The summed E-state index contributed by atoms with van der Waals surface area (Å²) in [4.78, 5) is 25.4. The quantitative estimate of drug-likeness (QED) is 0.896. The molecule has 0 aromatic heterocycles. The SMILES string of the molecule is NC(=O)C1CN(C(=O)c2ccc(COc3ccccc3)cc2)CCO1. The van der Waals surface area contributed by atoms with Gasteiger partial charge in [0.2, 0.25) is 5.91 Å². The van der Waals surface area contributed by atoms with E-state index in [9.17, 15) is 9.59 Å². The maximum atomic E-state index is 12.5. The zero-order valence-corrected chi connectivity index (χ0v) is 13.8. The number of nitrogens with two attached hydrogens (primary N) is 1. The second kappa shape index (κ2) is 7.81. The lowest BCUT2D eigenvalue weighted by molar-refractivity contribution is -0.133. The maximum absolute atomic E-state index is 12.5. The average Bonchev–Trinajstić information content (AvgIpc) is 2.67. The van der Waals surface area contributed by atoms with E-state index in [0.29, 0.717) is 25.3 Å². The minimum atomic E-state index is -0.740. The molecule has 1 heterocycles. The van der Waals surface area contributed by atoms with Crippen molar-refractivity contribution < 1.29 is 19.1 Å². The number of para-hydroxylation sites is 1. The molecule has 1 unspecified atom stereocenters. The van der Waals surface area contributed by atoms with Crippen molar-refractivity contribution in [3.8, 4) is 5.75 Å². The maximum Gasteiger partial charge on any atom is 0.254 e. The molecule has 130 valence electrons. The van der Waals surface area contributed by atoms with Gasteiger partial charge in [-0.3, -0.25) is 9.59 Å². The first-order valence-electron chi connectivity index (χ1n) is 8.10. The number of morpholine rings is 1. The van der Waals surface area contributed by atoms with E-state index in [2.05, 4.69) is 0 Å². The fourth-order valence-electron chi connectivity index (χ4n) is 2.62. The molecule has 1 atom stereocenters. The minimum Gasteiger partial charge on any atom is -0.489 e. The van der Waals surface area contributed by atoms with E-state index < -0.39 is 12.0 Å². The van der Waals surface area contributed by atoms with Gasteiger partial charge in [-0.25, -0.2) is 0 Å². The van der Waals surface area contributed by atoms with Crippen molar-refractivity contribution in [1.29, 1.82) is 0 Å². The molecule has 25 heavy (non-hydrogen) atoms. The Morgan fingerprint density at radius 2 is 1.84 bits per heavy atom. The van der Waals surface area contributed by atoms with Crippen LogP contribution in [0.1, 0.15) is 15.9 Å². The lowest BCUT2D eigenvalue weighted by Crippen LogP contribution is -2.50. The smallest absolute Gasteiger partial charge is 0.254 e. The molecule has 1 fully saturated rings. The molecule has 2 aromatic rings. The first-order valence-corrected chi connectivity index (χ1v) is 8.10.